The molecule has 3 saturated heterocycles. The third kappa shape index (κ3) is 3.27. The number of carbonyl (C=O) groups is 1. The summed E-state index contributed by atoms with van der Waals surface area (Å²) in [6.07, 6.45) is 12.0. The first-order valence-electron chi connectivity index (χ1n) is 9.62. The van der Waals surface area contributed by atoms with Crippen LogP contribution >= 0.6 is 0 Å². The molecule has 142 valence electrons. The molecule has 2 bridgehead atoms. The Bertz CT molecular complexity index is 737. The van der Waals surface area contributed by atoms with Gasteiger partial charge in [-0.05, 0) is 32.1 Å². The van der Waals surface area contributed by atoms with Crippen LogP contribution in [-0.2, 0) is 14.8 Å². The van der Waals surface area contributed by atoms with Gasteiger partial charge in [-0.1, -0.05) is 0 Å². The number of sulfonamides is 1. The Balaban J connectivity index is 1.35. The molecular weight excluding hydrogens is 352 g/mol. The van der Waals surface area contributed by atoms with Crippen LogP contribution in [0.4, 0.5) is 0 Å². The van der Waals surface area contributed by atoms with E-state index in [0.717, 1.165) is 38.5 Å². The third-order valence-corrected chi connectivity index (χ3v) is 8.33. The van der Waals surface area contributed by atoms with Crippen LogP contribution in [0.1, 0.15) is 57.8 Å². The summed E-state index contributed by atoms with van der Waals surface area (Å²) in [7, 11) is -3.08. The summed E-state index contributed by atoms with van der Waals surface area (Å²) in [6, 6.07) is 0.424. The standard InChI is InChI=1S/C18H26N4O3S/c1-2-3-8-18(19-20-18)9-7-17(23)22-14-5-6-15(22)13-16(12-14)21-10-4-11-26(21,24)25/h1,14-16H,3-13H2. The monoisotopic (exact) mass is 378 g/mol. The molecule has 4 heterocycles. The van der Waals surface area contributed by atoms with E-state index in [1.165, 1.54) is 0 Å². The number of fused-ring (bicyclic) bond motifs is 2. The number of hydrogen-bond acceptors (Lipinski definition) is 5. The highest BCUT2D eigenvalue weighted by molar-refractivity contribution is 7.89. The normalized spacial score (nSPS) is 34.0. The number of terminal acetylenes is 1. The number of piperidine rings is 1. The maximum absolute atomic E-state index is 12.8. The zero-order valence-electron chi connectivity index (χ0n) is 15.0. The number of carbonyl (C=O) groups excluding carboxylic acids is 1. The van der Waals surface area contributed by atoms with Crippen molar-refractivity contribution in [2.75, 3.05) is 12.3 Å². The molecule has 0 spiro atoms. The van der Waals surface area contributed by atoms with E-state index in [1.807, 2.05) is 4.90 Å². The van der Waals surface area contributed by atoms with Crippen molar-refractivity contribution in [3.63, 3.8) is 0 Å². The molecule has 3 fully saturated rings. The number of hydrogen-bond donors (Lipinski definition) is 0. The van der Waals surface area contributed by atoms with E-state index in [0.29, 0.717) is 25.8 Å². The lowest BCUT2D eigenvalue weighted by atomic mass is 9.95. The predicted molar refractivity (Wildman–Crippen MR) is 96.7 cm³/mol. The topological polar surface area (TPSA) is 82.4 Å². The minimum Gasteiger partial charge on any atom is -0.337 e. The highest BCUT2D eigenvalue weighted by atomic mass is 32.2. The maximum Gasteiger partial charge on any atom is 0.223 e. The summed E-state index contributed by atoms with van der Waals surface area (Å²) in [5.41, 5.74) is -0.414. The van der Waals surface area contributed by atoms with Crippen LogP contribution in [0.5, 0.6) is 0 Å². The van der Waals surface area contributed by atoms with Crippen LogP contribution in [0.15, 0.2) is 10.2 Å². The average Bonchev–Trinajstić information content (AvgIpc) is 3.22. The van der Waals surface area contributed by atoms with Crippen molar-refractivity contribution >= 4 is 15.9 Å². The van der Waals surface area contributed by atoms with Crippen LogP contribution in [0.3, 0.4) is 0 Å². The van der Waals surface area contributed by atoms with Gasteiger partial charge in [-0.3, -0.25) is 4.79 Å². The zero-order chi connectivity index (χ0) is 18.4. The molecule has 8 heteroatoms. The van der Waals surface area contributed by atoms with Crippen molar-refractivity contribution in [1.29, 1.82) is 0 Å². The average molecular weight is 378 g/mol. The first-order chi connectivity index (χ1) is 12.4. The lowest BCUT2D eigenvalue weighted by molar-refractivity contribution is -0.136. The van der Waals surface area contributed by atoms with Crippen LogP contribution < -0.4 is 0 Å². The summed E-state index contributed by atoms with van der Waals surface area (Å²) >= 11 is 0. The number of amides is 1. The largest absolute Gasteiger partial charge is 0.337 e. The van der Waals surface area contributed by atoms with Gasteiger partial charge in [0.05, 0.1) is 5.75 Å². The minimum absolute atomic E-state index is 0.0689. The molecule has 0 aliphatic carbocycles. The molecule has 0 aromatic carbocycles. The molecule has 0 radical (unpaired) electrons. The summed E-state index contributed by atoms with van der Waals surface area (Å²) in [6.45, 7) is 0.640. The van der Waals surface area contributed by atoms with Gasteiger partial charge in [0.25, 0.3) is 0 Å². The highest BCUT2D eigenvalue weighted by Crippen LogP contribution is 2.41. The molecule has 1 amide bonds. The van der Waals surface area contributed by atoms with Gasteiger partial charge in [-0.2, -0.15) is 14.5 Å². The molecule has 2 unspecified atom stereocenters. The fourth-order valence-corrected chi connectivity index (χ4v) is 6.73. The molecule has 0 aromatic heterocycles. The quantitative estimate of drug-likeness (QED) is 0.662. The zero-order valence-corrected chi connectivity index (χ0v) is 15.8. The van der Waals surface area contributed by atoms with Gasteiger partial charge in [0.15, 0.2) is 5.66 Å². The van der Waals surface area contributed by atoms with E-state index in [-0.39, 0.29) is 29.8 Å². The predicted octanol–water partition coefficient (Wildman–Crippen LogP) is 1.90. The molecule has 4 rings (SSSR count). The van der Waals surface area contributed by atoms with E-state index in [4.69, 9.17) is 6.42 Å². The smallest absolute Gasteiger partial charge is 0.223 e. The Hall–Kier alpha value is -1.46. The van der Waals surface area contributed by atoms with Gasteiger partial charge in [-0.15, -0.1) is 12.3 Å². The van der Waals surface area contributed by atoms with Crippen LogP contribution in [0.25, 0.3) is 0 Å². The van der Waals surface area contributed by atoms with E-state index in [9.17, 15) is 13.2 Å². The Labute approximate surface area is 155 Å². The Morgan fingerprint density at radius 3 is 2.38 bits per heavy atom. The van der Waals surface area contributed by atoms with Crippen molar-refractivity contribution in [3.8, 4) is 12.3 Å². The third-order valence-electron chi connectivity index (χ3n) is 6.33. The molecule has 0 aromatic rings. The van der Waals surface area contributed by atoms with Crippen molar-refractivity contribution < 1.29 is 13.2 Å². The van der Waals surface area contributed by atoms with Gasteiger partial charge in [0.1, 0.15) is 0 Å². The first kappa shape index (κ1) is 17.9. The molecule has 4 aliphatic heterocycles. The Morgan fingerprint density at radius 1 is 1.15 bits per heavy atom. The fraction of sp³-hybridized carbons (Fsp3) is 0.833. The van der Waals surface area contributed by atoms with Crippen LogP contribution in [-0.4, -0.2) is 59.6 Å². The number of rotatable bonds is 6. The van der Waals surface area contributed by atoms with Gasteiger partial charge in [-0.25, -0.2) is 8.42 Å². The SMILES string of the molecule is C#CCCC1(CCC(=O)N2C3CCC2CC(N2CCCS2(=O)=O)C3)N=N1. The first-order valence-corrected chi connectivity index (χ1v) is 11.2. The van der Waals surface area contributed by atoms with E-state index >= 15 is 0 Å². The van der Waals surface area contributed by atoms with E-state index < -0.39 is 15.7 Å². The molecule has 0 N–H and O–H groups in total. The summed E-state index contributed by atoms with van der Waals surface area (Å²) in [5, 5.41) is 8.22. The van der Waals surface area contributed by atoms with Crippen LogP contribution in [0, 0.1) is 12.3 Å². The van der Waals surface area contributed by atoms with Gasteiger partial charge in [0, 0.05) is 50.4 Å². The second kappa shape index (κ2) is 6.61. The summed E-state index contributed by atoms with van der Waals surface area (Å²) < 4.78 is 26.2. The minimum atomic E-state index is -3.08. The number of nitrogens with zero attached hydrogens (tertiary/aromatic N) is 4. The van der Waals surface area contributed by atoms with Gasteiger partial charge >= 0.3 is 0 Å². The van der Waals surface area contributed by atoms with Crippen molar-refractivity contribution in [1.82, 2.24) is 9.21 Å². The van der Waals surface area contributed by atoms with Crippen molar-refractivity contribution in [2.45, 2.75) is 81.6 Å². The molecule has 2 atom stereocenters. The second-order valence-electron chi connectivity index (χ2n) is 7.98. The Kier molecular flexibility index (Phi) is 4.56. The second-order valence-corrected chi connectivity index (χ2v) is 10.0. The molecule has 4 aliphatic rings. The summed E-state index contributed by atoms with van der Waals surface area (Å²) in [4.78, 5) is 14.9. The molecular formula is C18H26N4O3S. The fourth-order valence-electron chi connectivity index (χ4n) is 4.96. The van der Waals surface area contributed by atoms with Crippen molar-refractivity contribution in [3.05, 3.63) is 0 Å². The highest BCUT2D eigenvalue weighted by Gasteiger charge is 2.48. The molecule has 26 heavy (non-hydrogen) atoms. The van der Waals surface area contributed by atoms with E-state index in [2.05, 4.69) is 16.1 Å². The molecule has 7 nitrogen and oxygen atoms in total. The van der Waals surface area contributed by atoms with Gasteiger partial charge < -0.3 is 4.90 Å². The van der Waals surface area contributed by atoms with Gasteiger partial charge in [0.2, 0.25) is 15.9 Å². The van der Waals surface area contributed by atoms with Crippen LogP contribution in [0.2, 0.25) is 0 Å². The molecule has 0 saturated carbocycles. The lowest BCUT2D eigenvalue weighted by Gasteiger charge is -2.41. The summed E-state index contributed by atoms with van der Waals surface area (Å²) in [5.74, 6) is 3.04. The van der Waals surface area contributed by atoms with Crippen molar-refractivity contribution in [2.24, 2.45) is 10.2 Å². The lowest BCUT2D eigenvalue weighted by Crippen LogP contribution is -2.52. The maximum atomic E-state index is 12.8. The Morgan fingerprint density at radius 2 is 1.85 bits per heavy atom. The van der Waals surface area contributed by atoms with E-state index in [1.54, 1.807) is 4.31 Å².